The lowest BCUT2D eigenvalue weighted by Crippen LogP contribution is -2.26. The predicted molar refractivity (Wildman–Crippen MR) is 77.5 cm³/mol. The van der Waals surface area contributed by atoms with Crippen LogP contribution in [0.15, 0.2) is 18.2 Å². The lowest BCUT2D eigenvalue weighted by atomic mass is 9.83. The minimum Gasteiger partial charge on any atom is -0.379 e. The maximum absolute atomic E-state index is 11.1. The summed E-state index contributed by atoms with van der Waals surface area (Å²) >= 11 is 0. The average molecular weight is 262 g/mol. The minimum atomic E-state index is -0.303. The van der Waals surface area contributed by atoms with Gasteiger partial charge in [0, 0.05) is 12.6 Å². The van der Waals surface area contributed by atoms with Gasteiger partial charge in [0.1, 0.15) is 5.69 Å². The quantitative estimate of drug-likeness (QED) is 0.636. The summed E-state index contributed by atoms with van der Waals surface area (Å²) in [6, 6.07) is 5.38. The van der Waals surface area contributed by atoms with Gasteiger partial charge >= 0.3 is 0 Å². The number of nitrogens with zero attached hydrogens (tertiary/aromatic N) is 1. The van der Waals surface area contributed by atoms with E-state index < -0.39 is 0 Å². The topological polar surface area (TPSA) is 55.2 Å². The molecule has 1 saturated carbocycles. The van der Waals surface area contributed by atoms with Crippen molar-refractivity contribution in [3.8, 4) is 0 Å². The molecular weight excluding hydrogens is 240 g/mol. The van der Waals surface area contributed by atoms with Gasteiger partial charge in [0.25, 0.3) is 5.69 Å². The third-order valence-corrected chi connectivity index (χ3v) is 4.42. The van der Waals surface area contributed by atoms with Crippen LogP contribution in [-0.2, 0) is 0 Å². The molecule has 1 aromatic carbocycles. The van der Waals surface area contributed by atoms with Gasteiger partial charge in [-0.1, -0.05) is 25.8 Å². The van der Waals surface area contributed by atoms with E-state index in [9.17, 15) is 10.1 Å². The number of hydrogen-bond donors (Lipinski definition) is 1. The van der Waals surface area contributed by atoms with Crippen LogP contribution in [0.5, 0.6) is 0 Å². The van der Waals surface area contributed by atoms with Crippen LogP contribution < -0.4 is 5.32 Å². The Morgan fingerprint density at radius 2 is 2.05 bits per heavy atom. The van der Waals surface area contributed by atoms with Gasteiger partial charge in [-0.05, 0) is 43.2 Å². The van der Waals surface area contributed by atoms with Crippen molar-refractivity contribution in [3.05, 3.63) is 33.9 Å². The van der Waals surface area contributed by atoms with E-state index in [4.69, 9.17) is 0 Å². The summed E-state index contributed by atoms with van der Waals surface area (Å²) in [5.41, 5.74) is 2.08. The molecule has 0 unspecified atom stereocenters. The van der Waals surface area contributed by atoms with E-state index in [0.29, 0.717) is 11.1 Å². The van der Waals surface area contributed by atoms with Crippen molar-refractivity contribution >= 4 is 11.4 Å². The van der Waals surface area contributed by atoms with Crippen molar-refractivity contribution in [2.45, 2.75) is 46.0 Å². The van der Waals surface area contributed by atoms with Gasteiger partial charge < -0.3 is 5.32 Å². The fourth-order valence-corrected chi connectivity index (χ4v) is 3.01. The van der Waals surface area contributed by atoms with Crippen molar-refractivity contribution in [1.29, 1.82) is 0 Å². The smallest absolute Gasteiger partial charge is 0.292 e. The van der Waals surface area contributed by atoms with Gasteiger partial charge in [-0.15, -0.1) is 0 Å². The number of nitro groups is 1. The van der Waals surface area contributed by atoms with E-state index in [1.54, 1.807) is 6.07 Å². The van der Waals surface area contributed by atoms with Gasteiger partial charge in [0.2, 0.25) is 0 Å². The number of nitrogens with one attached hydrogen (secondary N) is 1. The zero-order chi connectivity index (χ0) is 13.9. The monoisotopic (exact) mass is 262 g/mol. The van der Waals surface area contributed by atoms with E-state index in [0.717, 1.165) is 18.5 Å². The van der Waals surface area contributed by atoms with Gasteiger partial charge in [0.05, 0.1) is 4.92 Å². The van der Waals surface area contributed by atoms with E-state index in [-0.39, 0.29) is 10.6 Å². The molecule has 1 aromatic rings. The molecular formula is C15H22N2O2. The number of aryl methyl sites for hydroxylation is 1. The molecule has 2 rings (SSSR count). The highest BCUT2D eigenvalue weighted by Gasteiger charge is 2.32. The summed E-state index contributed by atoms with van der Waals surface area (Å²) in [5, 5.41) is 14.4. The molecule has 104 valence electrons. The number of anilines is 1. The molecule has 4 nitrogen and oxygen atoms in total. The first kappa shape index (κ1) is 13.8. The van der Waals surface area contributed by atoms with Crippen LogP contribution in [0, 0.1) is 22.5 Å². The molecule has 0 atom stereocenters. The van der Waals surface area contributed by atoms with Crippen molar-refractivity contribution in [2.24, 2.45) is 5.41 Å². The van der Waals surface area contributed by atoms with Crippen molar-refractivity contribution < 1.29 is 4.92 Å². The molecule has 1 aliphatic carbocycles. The van der Waals surface area contributed by atoms with Crippen LogP contribution in [-0.4, -0.2) is 11.5 Å². The van der Waals surface area contributed by atoms with Crippen molar-refractivity contribution in [3.63, 3.8) is 0 Å². The second kappa shape index (κ2) is 5.59. The molecule has 0 bridgehead atoms. The summed E-state index contributed by atoms with van der Waals surface area (Å²) in [5.74, 6) is 0. The van der Waals surface area contributed by atoms with Gasteiger partial charge in [-0.25, -0.2) is 0 Å². The van der Waals surface area contributed by atoms with Crippen LogP contribution in [0.3, 0.4) is 0 Å². The Morgan fingerprint density at radius 3 is 2.63 bits per heavy atom. The average Bonchev–Trinajstić information content (AvgIpc) is 2.86. The zero-order valence-electron chi connectivity index (χ0n) is 11.7. The Balaban J connectivity index is 2.13. The largest absolute Gasteiger partial charge is 0.379 e. The molecule has 0 saturated heterocycles. The zero-order valence-corrected chi connectivity index (χ0v) is 11.7. The van der Waals surface area contributed by atoms with E-state index in [1.165, 1.54) is 25.7 Å². The Kier molecular flexibility index (Phi) is 4.08. The van der Waals surface area contributed by atoms with Gasteiger partial charge in [-0.2, -0.15) is 0 Å². The Hall–Kier alpha value is -1.58. The number of hydrogen-bond acceptors (Lipinski definition) is 3. The number of benzene rings is 1. The molecule has 19 heavy (non-hydrogen) atoms. The molecule has 4 heteroatoms. The molecule has 0 aromatic heterocycles. The van der Waals surface area contributed by atoms with Crippen LogP contribution in [0.25, 0.3) is 0 Å². The third-order valence-electron chi connectivity index (χ3n) is 4.42. The first-order valence-electron chi connectivity index (χ1n) is 7.05. The Morgan fingerprint density at radius 1 is 1.37 bits per heavy atom. The second-order valence-corrected chi connectivity index (χ2v) is 5.69. The summed E-state index contributed by atoms with van der Waals surface area (Å²) < 4.78 is 0. The highest BCUT2D eigenvalue weighted by Crippen LogP contribution is 2.41. The number of rotatable bonds is 5. The van der Waals surface area contributed by atoms with Crippen LogP contribution >= 0.6 is 0 Å². The predicted octanol–water partition coefficient (Wildman–Crippen LogP) is 4.29. The molecule has 0 aliphatic heterocycles. The SMILES string of the molecule is CCC1(CNc2ccc(C)cc2[N+](=O)[O-])CCCC1. The molecule has 1 N–H and O–H groups in total. The maximum Gasteiger partial charge on any atom is 0.292 e. The molecule has 0 radical (unpaired) electrons. The van der Waals surface area contributed by atoms with Crippen molar-refractivity contribution in [1.82, 2.24) is 0 Å². The van der Waals surface area contributed by atoms with Gasteiger partial charge in [-0.3, -0.25) is 10.1 Å². The standard InChI is InChI=1S/C15H22N2O2/c1-3-15(8-4-5-9-15)11-16-13-7-6-12(2)10-14(13)17(18)19/h6-7,10,16H,3-5,8-9,11H2,1-2H3. The third kappa shape index (κ3) is 3.06. The molecule has 0 spiro atoms. The normalized spacial score (nSPS) is 17.4. The fraction of sp³-hybridized carbons (Fsp3) is 0.600. The Labute approximate surface area is 114 Å². The van der Waals surface area contributed by atoms with Crippen LogP contribution in [0.4, 0.5) is 11.4 Å². The first-order valence-corrected chi connectivity index (χ1v) is 7.05. The second-order valence-electron chi connectivity index (χ2n) is 5.69. The van der Waals surface area contributed by atoms with Gasteiger partial charge in [0.15, 0.2) is 0 Å². The van der Waals surface area contributed by atoms with Crippen LogP contribution in [0.1, 0.15) is 44.6 Å². The molecule has 1 aliphatic rings. The maximum atomic E-state index is 11.1. The number of nitro benzene ring substituents is 1. The van der Waals surface area contributed by atoms with E-state index >= 15 is 0 Å². The highest BCUT2D eigenvalue weighted by atomic mass is 16.6. The summed E-state index contributed by atoms with van der Waals surface area (Å²) in [4.78, 5) is 10.8. The molecule has 1 fully saturated rings. The highest BCUT2D eigenvalue weighted by molar-refractivity contribution is 5.62. The fourth-order valence-electron chi connectivity index (χ4n) is 3.01. The first-order chi connectivity index (χ1) is 9.06. The molecule has 0 amide bonds. The lowest BCUT2D eigenvalue weighted by molar-refractivity contribution is -0.384. The minimum absolute atomic E-state index is 0.184. The van der Waals surface area contributed by atoms with E-state index in [2.05, 4.69) is 12.2 Å². The van der Waals surface area contributed by atoms with Crippen molar-refractivity contribution in [2.75, 3.05) is 11.9 Å². The lowest BCUT2D eigenvalue weighted by Gasteiger charge is -2.28. The van der Waals surface area contributed by atoms with E-state index in [1.807, 2.05) is 19.1 Å². The molecule has 0 heterocycles. The Bertz CT molecular complexity index is 465. The summed E-state index contributed by atoms with van der Waals surface area (Å²) in [6.07, 6.45) is 6.17. The summed E-state index contributed by atoms with van der Waals surface area (Å²) in [6.45, 7) is 4.94. The summed E-state index contributed by atoms with van der Waals surface area (Å²) in [7, 11) is 0. The van der Waals surface area contributed by atoms with Crippen LogP contribution in [0.2, 0.25) is 0 Å².